The molecule has 0 aromatic carbocycles. The molecule has 188 valence electrons. The van der Waals surface area contributed by atoms with E-state index in [-0.39, 0.29) is 27.4 Å². The van der Waals surface area contributed by atoms with Crippen LogP contribution in [0.4, 0.5) is 29.6 Å². The highest BCUT2D eigenvalue weighted by Gasteiger charge is 2.29. The van der Waals surface area contributed by atoms with Crippen LogP contribution >= 0.6 is 11.3 Å². The molecule has 3 N–H and O–H groups in total. The Morgan fingerprint density at radius 1 is 1.26 bits per heavy atom. The molecule has 0 aliphatic rings. The Kier molecular flexibility index (Phi) is 8.64. The molecule has 0 aliphatic heterocycles. The molecule has 10 nitrogen and oxygen atoms in total. The van der Waals surface area contributed by atoms with Gasteiger partial charge in [0.15, 0.2) is 5.57 Å². The second kappa shape index (κ2) is 11.0. The summed E-state index contributed by atoms with van der Waals surface area (Å²) in [4.78, 5) is 41.0. The van der Waals surface area contributed by atoms with Gasteiger partial charge >= 0.3 is 12.3 Å². The Morgan fingerprint density at radius 2 is 1.91 bits per heavy atom. The molecule has 0 fully saturated rings. The zero-order valence-electron chi connectivity index (χ0n) is 19.2. The van der Waals surface area contributed by atoms with E-state index in [9.17, 15) is 32.8 Å². The summed E-state index contributed by atoms with van der Waals surface area (Å²) in [5, 5.41) is 16.3. The average molecular weight is 513 g/mol. The Balaban J connectivity index is 2.36. The van der Waals surface area contributed by atoms with Gasteiger partial charge in [-0.2, -0.15) is 18.4 Å². The summed E-state index contributed by atoms with van der Waals surface area (Å²) in [5.74, 6) is -0.810. The Labute approximate surface area is 201 Å². The number of nitrogens with one attached hydrogen (secondary N) is 3. The molecule has 0 bridgehead atoms. The molecule has 0 spiro atoms. The number of ether oxygens (including phenoxy) is 1. The van der Waals surface area contributed by atoms with Crippen LogP contribution in [0.3, 0.4) is 0 Å². The highest BCUT2D eigenvalue weighted by molar-refractivity contribution is 7.07. The van der Waals surface area contributed by atoms with Crippen LogP contribution in [-0.4, -0.2) is 39.9 Å². The molecule has 0 aliphatic carbocycles. The summed E-state index contributed by atoms with van der Waals surface area (Å²) in [5.41, 5.74) is -1.87. The molecule has 2 aromatic heterocycles. The Hall–Kier alpha value is -3.86. The van der Waals surface area contributed by atoms with Crippen LogP contribution in [0.25, 0.3) is 11.8 Å². The van der Waals surface area contributed by atoms with Crippen molar-refractivity contribution >= 4 is 46.7 Å². The number of amides is 2. The van der Waals surface area contributed by atoms with Crippen molar-refractivity contribution in [2.24, 2.45) is 0 Å². The molecule has 2 amide bonds. The van der Waals surface area contributed by atoms with E-state index in [1.54, 1.807) is 51.2 Å². The van der Waals surface area contributed by atoms with Gasteiger partial charge in [-0.15, -0.1) is 11.3 Å². The van der Waals surface area contributed by atoms with Gasteiger partial charge in [-0.05, 0) is 39.8 Å². The number of anilines is 2. The minimum Gasteiger partial charge on any atom is -0.444 e. The monoisotopic (exact) mass is 512 g/mol. The third-order valence-corrected chi connectivity index (χ3v) is 5.09. The average Bonchev–Trinajstić information content (AvgIpc) is 3.04. The number of carbonyl (C=O) groups is 2. The second-order valence-corrected chi connectivity index (χ2v) is 8.96. The van der Waals surface area contributed by atoms with Crippen LogP contribution in [0, 0.1) is 11.3 Å². The van der Waals surface area contributed by atoms with Gasteiger partial charge in [0.25, 0.3) is 11.5 Å². The zero-order chi connectivity index (χ0) is 26.4. The van der Waals surface area contributed by atoms with Crippen molar-refractivity contribution in [2.75, 3.05) is 17.2 Å². The van der Waals surface area contributed by atoms with Gasteiger partial charge in [0.1, 0.15) is 39.0 Å². The summed E-state index contributed by atoms with van der Waals surface area (Å²) in [7, 11) is 0. The lowest BCUT2D eigenvalue weighted by Crippen LogP contribution is -2.37. The second-order valence-electron chi connectivity index (χ2n) is 7.93. The van der Waals surface area contributed by atoms with E-state index in [2.05, 4.69) is 15.6 Å². The summed E-state index contributed by atoms with van der Waals surface area (Å²) < 4.78 is 43.5. The van der Waals surface area contributed by atoms with Gasteiger partial charge in [0.2, 0.25) is 0 Å². The van der Waals surface area contributed by atoms with Crippen molar-refractivity contribution in [1.82, 2.24) is 14.9 Å². The highest BCUT2D eigenvalue weighted by Crippen LogP contribution is 2.13. The molecule has 2 aromatic rings. The van der Waals surface area contributed by atoms with E-state index in [0.29, 0.717) is 0 Å². The smallest absolute Gasteiger partial charge is 0.413 e. The number of nitrogens with zero attached hydrogens (tertiary/aromatic N) is 3. The summed E-state index contributed by atoms with van der Waals surface area (Å²) in [6.07, 6.45) is -4.08. The predicted molar refractivity (Wildman–Crippen MR) is 124 cm³/mol. The maximum absolute atomic E-state index is 12.7. The lowest BCUT2D eigenvalue weighted by molar-refractivity contribution is -0.135. The van der Waals surface area contributed by atoms with Crippen LogP contribution in [0.5, 0.6) is 0 Å². The van der Waals surface area contributed by atoms with Gasteiger partial charge in [-0.25, -0.2) is 9.78 Å². The fraction of sp³-hybridized carbons (Fsp3) is 0.381. The fourth-order valence-electron chi connectivity index (χ4n) is 2.59. The van der Waals surface area contributed by atoms with Crippen LogP contribution in [0.2, 0.25) is 0 Å². The predicted octanol–water partition coefficient (Wildman–Crippen LogP) is 1.87. The van der Waals surface area contributed by atoms with Crippen molar-refractivity contribution < 1.29 is 27.5 Å². The molecule has 0 unspecified atom stereocenters. The Morgan fingerprint density at radius 3 is 2.49 bits per heavy atom. The molecule has 0 saturated carbocycles. The molecule has 14 heteroatoms. The first kappa shape index (κ1) is 27.4. The standard InChI is InChI=1S/C21H23F3N6O4S/c1-5-30-17(32)13(35-18(30)12(9-25)16(31)27-11-21(22,23)24)10-26-14-7-6-8-15(28-14)29-19(33)34-20(2,3)4/h6-8,10H,5,11H2,1-4H3,(H,27,31)(H2,26,28,29,33)/b13-10+,18-12-. The van der Waals surface area contributed by atoms with Gasteiger partial charge in [-0.3, -0.25) is 19.5 Å². The summed E-state index contributed by atoms with van der Waals surface area (Å²) >= 11 is 0.759. The van der Waals surface area contributed by atoms with Crippen LogP contribution in [0.1, 0.15) is 27.7 Å². The van der Waals surface area contributed by atoms with E-state index in [4.69, 9.17) is 4.74 Å². The van der Waals surface area contributed by atoms with E-state index >= 15 is 0 Å². The molecule has 0 radical (unpaired) electrons. The third kappa shape index (κ3) is 8.14. The fourth-order valence-corrected chi connectivity index (χ4v) is 3.68. The SMILES string of the molecule is CCn1c(=O)/c(=C\Nc2cccc(NC(=O)OC(C)(C)C)n2)s/c1=C(/C#N)C(=O)NCC(F)(F)F. The van der Waals surface area contributed by atoms with Crippen molar-refractivity contribution in [2.45, 2.75) is 46.0 Å². The first-order valence-corrected chi connectivity index (χ1v) is 11.0. The van der Waals surface area contributed by atoms with E-state index < -0.39 is 41.5 Å². The van der Waals surface area contributed by atoms with Gasteiger partial charge in [0.05, 0.1) is 0 Å². The third-order valence-electron chi connectivity index (χ3n) is 3.96. The maximum atomic E-state index is 12.7. The summed E-state index contributed by atoms with van der Waals surface area (Å²) in [6, 6.07) is 6.24. The van der Waals surface area contributed by atoms with Gasteiger partial charge < -0.3 is 15.4 Å². The van der Waals surface area contributed by atoms with E-state index in [1.807, 2.05) is 0 Å². The van der Waals surface area contributed by atoms with Crippen molar-refractivity contribution in [1.29, 1.82) is 5.26 Å². The van der Waals surface area contributed by atoms with Crippen molar-refractivity contribution in [3.63, 3.8) is 0 Å². The van der Waals surface area contributed by atoms with Crippen molar-refractivity contribution in [3.8, 4) is 6.07 Å². The topological polar surface area (TPSA) is 138 Å². The number of hydrogen-bond acceptors (Lipinski definition) is 8. The first-order valence-electron chi connectivity index (χ1n) is 10.2. The number of halogens is 3. The minimum atomic E-state index is -4.65. The molecule has 35 heavy (non-hydrogen) atoms. The van der Waals surface area contributed by atoms with E-state index in [0.717, 1.165) is 15.9 Å². The molecule has 0 atom stereocenters. The number of pyridine rings is 1. The molecular weight excluding hydrogens is 489 g/mol. The minimum absolute atomic E-state index is 0.0732. The number of hydrogen-bond donors (Lipinski definition) is 3. The number of thiazole rings is 1. The van der Waals surface area contributed by atoms with Crippen molar-refractivity contribution in [3.05, 3.63) is 37.7 Å². The number of nitriles is 1. The molecule has 0 saturated heterocycles. The quantitative estimate of drug-likeness (QED) is 0.537. The molecular formula is C21H23F3N6O4S. The lowest BCUT2D eigenvalue weighted by Gasteiger charge is -2.19. The van der Waals surface area contributed by atoms with E-state index in [1.165, 1.54) is 12.3 Å². The maximum Gasteiger partial charge on any atom is 0.413 e. The number of carbonyl (C=O) groups excluding carboxylic acids is 2. The largest absolute Gasteiger partial charge is 0.444 e. The van der Waals surface area contributed by atoms with Crippen LogP contribution < -0.4 is 30.7 Å². The molecule has 2 heterocycles. The van der Waals surface area contributed by atoms with Gasteiger partial charge in [0, 0.05) is 12.7 Å². The van der Waals surface area contributed by atoms with Gasteiger partial charge in [-0.1, -0.05) is 6.07 Å². The normalized spacial score (nSPS) is 13.0. The first-order chi connectivity index (χ1) is 16.2. The summed E-state index contributed by atoms with van der Waals surface area (Å²) in [6.45, 7) is 5.18. The number of alkyl halides is 3. The number of rotatable bonds is 6. The lowest BCUT2D eigenvalue weighted by atomic mass is 10.2. The molecule has 2 rings (SSSR count). The zero-order valence-corrected chi connectivity index (χ0v) is 20.1. The van der Waals surface area contributed by atoms with Crippen LogP contribution in [-0.2, 0) is 16.1 Å². The highest BCUT2D eigenvalue weighted by atomic mass is 32.1. The Bertz CT molecular complexity index is 1320. The van der Waals surface area contributed by atoms with Crippen LogP contribution in [0.15, 0.2) is 23.0 Å². The number of aromatic nitrogens is 2.